The van der Waals surface area contributed by atoms with E-state index in [-0.39, 0.29) is 17.5 Å². The normalized spacial score (nSPS) is 20.6. The topological polar surface area (TPSA) is 46.2 Å². The van der Waals surface area contributed by atoms with Crippen molar-refractivity contribution in [1.29, 1.82) is 0 Å². The average molecular weight is 260 g/mol. The zero-order valence-electron chi connectivity index (χ0n) is 8.82. The van der Waals surface area contributed by atoms with Crippen LogP contribution in [0.3, 0.4) is 0 Å². The van der Waals surface area contributed by atoms with Gasteiger partial charge in [-0.05, 0) is 31.0 Å². The molecule has 0 saturated carbocycles. The number of benzene rings is 1. The Bertz CT molecular complexity index is 459. The van der Waals surface area contributed by atoms with E-state index >= 15 is 0 Å². The number of hydrogen-bond acceptors (Lipinski definition) is 3. The van der Waals surface area contributed by atoms with Crippen LogP contribution in [-0.4, -0.2) is 26.0 Å². The second-order valence-corrected chi connectivity index (χ2v) is 6.82. The van der Waals surface area contributed by atoms with Gasteiger partial charge >= 0.3 is 0 Å². The lowest BCUT2D eigenvalue weighted by molar-refractivity contribution is 0.559. The van der Waals surface area contributed by atoms with Crippen LogP contribution in [0.4, 0.5) is 5.69 Å². The van der Waals surface area contributed by atoms with Gasteiger partial charge in [0.1, 0.15) is 9.84 Å². The Morgan fingerprint density at radius 2 is 1.94 bits per heavy atom. The van der Waals surface area contributed by atoms with Gasteiger partial charge in [0.2, 0.25) is 0 Å². The minimum absolute atomic E-state index is 0.238. The van der Waals surface area contributed by atoms with Crippen molar-refractivity contribution >= 4 is 27.1 Å². The van der Waals surface area contributed by atoms with Gasteiger partial charge in [-0.3, -0.25) is 0 Å². The van der Waals surface area contributed by atoms with Gasteiger partial charge in [-0.25, -0.2) is 8.42 Å². The molecule has 0 amide bonds. The second kappa shape index (κ2) is 4.63. The number of halogens is 1. The van der Waals surface area contributed by atoms with Crippen LogP contribution in [0.25, 0.3) is 0 Å². The lowest BCUT2D eigenvalue weighted by Gasteiger charge is -2.24. The van der Waals surface area contributed by atoms with E-state index in [9.17, 15) is 8.42 Å². The summed E-state index contributed by atoms with van der Waals surface area (Å²) in [6, 6.07) is 7.73. The molecule has 1 saturated heterocycles. The Hall–Kier alpha value is -0.740. The second-order valence-electron chi connectivity index (χ2n) is 4.08. The summed E-state index contributed by atoms with van der Waals surface area (Å²) < 4.78 is 22.5. The van der Waals surface area contributed by atoms with Gasteiger partial charge in [-0.15, -0.1) is 0 Å². The van der Waals surface area contributed by atoms with Gasteiger partial charge in [0.15, 0.2) is 0 Å². The summed E-state index contributed by atoms with van der Waals surface area (Å²) in [6.45, 7) is 0. The van der Waals surface area contributed by atoms with Crippen molar-refractivity contribution < 1.29 is 8.42 Å². The first-order chi connectivity index (χ1) is 7.55. The van der Waals surface area contributed by atoms with E-state index in [4.69, 9.17) is 11.6 Å². The number of sulfone groups is 1. The number of rotatable bonds is 2. The largest absolute Gasteiger partial charge is 0.382 e. The van der Waals surface area contributed by atoms with E-state index in [1.807, 2.05) is 24.3 Å². The Balaban J connectivity index is 1.97. The fraction of sp³-hybridized carbons (Fsp3) is 0.455. The zero-order valence-corrected chi connectivity index (χ0v) is 10.4. The van der Waals surface area contributed by atoms with Crippen LogP contribution in [0, 0.1) is 0 Å². The first-order valence-electron chi connectivity index (χ1n) is 5.28. The summed E-state index contributed by atoms with van der Waals surface area (Å²) in [5.41, 5.74) is 0.955. The van der Waals surface area contributed by atoms with Crippen LogP contribution in [0.1, 0.15) is 12.8 Å². The molecule has 0 radical (unpaired) electrons. The van der Waals surface area contributed by atoms with Crippen molar-refractivity contribution in [3.05, 3.63) is 29.3 Å². The van der Waals surface area contributed by atoms with Crippen molar-refractivity contribution in [3.63, 3.8) is 0 Å². The van der Waals surface area contributed by atoms with Crippen molar-refractivity contribution in [2.75, 3.05) is 16.8 Å². The van der Waals surface area contributed by atoms with Crippen molar-refractivity contribution in [2.24, 2.45) is 0 Å². The molecule has 0 bridgehead atoms. The van der Waals surface area contributed by atoms with Crippen LogP contribution in [0.2, 0.25) is 5.02 Å². The number of hydrogen-bond donors (Lipinski definition) is 1. The Kier molecular flexibility index (Phi) is 3.40. The molecule has 16 heavy (non-hydrogen) atoms. The molecule has 0 atom stereocenters. The van der Waals surface area contributed by atoms with Crippen LogP contribution in [0.15, 0.2) is 24.3 Å². The SMILES string of the molecule is O=S1(=O)CCC(Nc2cccc(Cl)c2)CC1. The van der Waals surface area contributed by atoms with Crippen molar-refractivity contribution in [2.45, 2.75) is 18.9 Å². The van der Waals surface area contributed by atoms with Crippen molar-refractivity contribution in [3.8, 4) is 0 Å². The van der Waals surface area contributed by atoms with E-state index in [2.05, 4.69) is 5.32 Å². The van der Waals surface area contributed by atoms with Crippen LogP contribution >= 0.6 is 11.6 Å². The van der Waals surface area contributed by atoms with Gasteiger partial charge in [-0.2, -0.15) is 0 Å². The molecule has 1 aromatic carbocycles. The predicted octanol–water partition coefficient (Wildman–Crippen LogP) is 2.33. The van der Waals surface area contributed by atoms with E-state index in [1.165, 1.54) is 0 Å². The Morgan fingerprint density at radius 3 is 2.56 bits per heavy atom. The number of anilines is 1. The minimum Gasteiger partial charge on any atom is -0.382 e. The molecule has 0 unspecified atom stereocenters. The van der Waals surface area contributed by atoms with Crippen LogP contribution < -0.4 is 5.32 Å². The van der Waals surface area contributed by atoms with E-state index < -0.39 is 9.84 Å². The maximum Gasteiger partial charge on any atom is 0.150 e. The van der Waals surface area contributed by atoms with Crippen LogP contribution in [-0.2, 0) is 9.84 Å². The highest BCUT2D eigenvalue weighted by molar-refractivity contribution is 7.91. The standard InChI is InChI=1S/C11H14ClNO2S/c12-9-2-1-3-11(8-9)13-10-4-6-16(14,15)7-5-10/h1-3,8,10,13H,4-7H2. The molecule has 1 heterocycles. The molecule has 2 rings (SSSR count). The molecule has 1 aromatic rings. The molecule has 1 aliphatic rings. The third-order valence-corrected chi connectivity index (χ3v) is 4.70. The summed E-state index contributed by atoms with van der Waals surface area (Å²) in [6.07, 6.45) is 1.35. The Morgan fingerprint density at radius 1 is 1.25 bits per heavy atom. The molecule has 0 aliphatic carbocycles. The summed E-state index contributed by atoms with van der Waals surface area (Å²) in [7, 11) is -2.78. The maximum absolute atomic E-state index is 11.3. The third kappa shape index (κ3) is 3.12. The molecule has 3 nitrogen and oxygen atoms in total. The smallest absolute Gasteiger partial charge is 0.150 e. The van der Waals surface area contributed by atoms with Crippen LogP contribution in [0.5, 0.6) is 0 Å². The summed E-state index contributed by atoms with van der Waals surface area (Å²) in [4.78, 5) is 0. The van der Waals surface area contributed by atoms with Crippen molar-refractivity contribution in [1.82, 2.24) is 0 Å². The van der Waals surface area contributed by atoms with E-state index in [0.29, 0.717) is 17.9 Å². The molecular weight excluding hydrogens is 246 g/mol. The lowest BCUT2D eigenvalue weighted by atomic mass is 10.1. The van der Waals surface area contributed by atoms with Gasteiger partial charge in [-0.1, -0.05) is 17.7 Å². The van der Waals surface area contributed by atoms with Gasteiger partial charge in [0, 0.05) is 16.8 Å². The predicted molar refractivity (Wildman–Crippen MR) is 66.8 cm³/mol. The van der Waals surface area contributed by atoms with E-state index in [0.717, 1.165) is 5.69 Å². The summed E-state index contributed by atoms with van der Waals surface area (Å²) >= 11 is 5.87. The number of nitrogens with one attached hydrogen (secondary N) is 1. The lowest BCUT2D eigenvalue weighted by Crippen LogP contribution is -2.32. The summed E-state index contributed by atoms with van der Waals surface area (Å²) in [5.74, 6) is 0.566. The highest BCUT2D eigenvalue weighted by atomic mass is 35.5. The molecule has 88 valence electrons. The molecule has 1 fully saturated rings. The van der Waals surface area contributed by atoms with Gasteiger partial charge in [0.05, 0.1) is 11.5 Å². The van der Waals surface area contributed by atoms with Gasteiger partial charge < -0.3 is 5.32 Å². The first kappa shape index (κ1) is 11.7. The maximum atomic E-state index is 11.3. The molecule has 0 aromatic heterocycles. The monoisotopic (exact) mass is 259 g/mol. The van der Waals surface area contributed by atoms with E-state index in [1.54, 1.807) is 0 Å². The molecular formula is C11H14ClNO2S. The quantitative estimate of drug-likeness (QED) is 0.887. The molecule has 5 heteroatoms. The fourth-order valence-electron chi connectivity index (χ4n) is 1.85. The fourth-order valence-corrected chi connectivity index (χ4v) is 3.53. The minimum atomic E-state index is -2.78. The third-order valence-electron chi connectivity index (χ3n) is 2.75. The summed E-state index contributed by atoms with van der Waals surface area (Å²) in [5, 5.41) is 4.00. The molecule has 1 aliphatic heterocycles. The molecule has 1 N–H and O–H groups in total. The Labute approximate surface area is 101 Å². The zero-order chi connectivity index (χ0) is 11.6. The average Bonchev–Trinajstić information content (AvgIpc) is 2.21. The highest BCUT2D eigenvalue weighted by Crippen LogP contribution is 2.20. The van der Waals surface area contributed by atoms with Gasteiger partial charge in [0.25, 0.3) is 0 Å². The first-order valence-corrected chi connectivity index (χ1v) is 7.48. The molecule has 0 spiro atoms. The highest BCUT2D eigenvalue weighted by Gasteiger charge is 2.23.